The average Bonchev–Trinajstić information content (AvgIpc) is 2.38. The van der Waals surface area contributed by atoms with Crippen LogP contribution in [0.5, 0.6) is 5.75 Å². The molecule has 1 saturated heterocycles. The Morgan fingerprint density at radius 2 is 2.17 bits per heavy atom. The first-order valence-corrected chi connectivity index (χ1v) is 7.19. The number of fused-ring (bicyclic) bond motifs is 1. The highest BCUT2D eigenvalue weighted by molar-refractivity contribution is 5.35. The van der Waals surface area contributed by atoms with E-state index in [1.807, 2.05) is 12.1 Å². The van der Waals surface area contributed by atoms with Gasteiger partial charge in [-0.25, -0.2) is 0 Å². The molecule has 2 atom stereocenters. The van der Waals surface area contributed by atoms with E-state index in [0.717, 1.165) is 5.92 Å². The van der Waals surface area contributed by atoms with E-state index in [9.17, 15) is 5.11 Å². The topological polar surface area (TPSA) is 23.5 Å². The molecule has 0 aromatic heterocycles. The third kappa shape index (κ3) is 1.93. The predicted octanol–water partition coefficient (Wildman–Crippen LogP) is 3.16. The molecule has 98 valence electrons. The third-order valence-electron chi connectivity index (χ3n) is 5.10. The van der Waals surface area contributed by atoms with Crippen molar-refractivity contribution in [2.45, 2.75) is 37.5 Å². The van der Waals surface area contributed by atoms with Gasteiger partial charge in [-0.2, -0.15) is 0 Å². The summed E-state index contributed by atoms with van der Waals surface area (Å²) in [4.78, 5) is 2.47. The molecule has 1 aromatic rings. The van der Waals surface area contributed by atoms with Gasteiger partial charge in [-0.15, -0.1) is 0 Å². The summed E-state index contributed by atoms with van der Waals surface area (Å²) in [7, 11) is 2.24. The molecule has 1 saturated carbocycles. The van der Waals surface area contributed by atoms with Crippen LogP contribution in [0.1, 0.15) is 37.7 Å². The van der Waals surface area contributed by atoms with E-state index >= 15 is 0 Å². The Labute approximate surface area is 110 Å². The predicted molar refractivity (Wildman–Crippen MR) is 73.9 cm³/mol. The monoisotopic (exact) mass is 245 g/mol. The summed E-state index contributed by atoms with van der Waals surface area (Å²) in [5.74, 6) is 1.19. The molecule has 1 aliphatic carbocycles. The quantitative estimate of drug-likeness (QED) is 0.821. The lowest BCUT2D eigenvalue weighted by Crippen LogP contribution is -2.50. The van der Waals surface area contributed by atoms with Crippen LogP contribution in [-0.4, -0.2) is 30.1 Å². The van der Waals surface area contributed by atoms with Crippen LogP contribution in [0.4, 0.5) is 0 Å². The maximum atomic E-state index is 9.77. The molecule has 3 rings (SSSR count). The Morgan fingerprint density at radius 3 is 3.00 bits per heavy atom. The van der Waals surface area contributed by atoms with Gasteiger partial charge in [-0.1, -0.05) is 25.0 Å². The minimum absolute atomic E-state index is 0.337. The fourth-order valence-electron chi connectivity index (χ4n) is 4.10. The van der Waals surface area contributed by atoms with E-state index in [1.165, 1.54) is 50.8 Å². The van der Waals surface area contributed by atoms with Gasteiger partial charge in [0.05, 0.1) is 0 Å². The second-order valence-electron chi connectivity index (χ2n) is 6.16. The molecule has 0 spiro atoms. The molecular formula is C16H23NO. The maximum absolute atomic E-state index is 9.77. The Morgan fingerprint density at radius 1 is 1.28 bits per heavy atom. The van der Waals surface area contributed by atoms with Crippen molar-refractivity contribution in [1.29, 1.82) is 0 Å². The lowest BCUT2D eigenvalue weighted by atomic mass is 9.59. The van der Waals surface area contributed by atoms with E-state index in [0.29, 0.717) is 11.2 Å². The van der Waals surface area contributed by atoms with E-state index in [1.54, 1.807) is 6.07 Å². The number of hydrogen-bond donors (Lipinski definition) is 1. The standard InChI is InChI=1S/C16H23NO/c1-17-10-9-16(8-3-2-5-14(16)12-17)13-6-4-7-15(18)11-13/h4,6-7,11,14,18H,2-3,5,8-10,12H2,1H3/t14-,16+/m1/s1. The fraction of sp³-hybridized carbons (Fsp3) is 0.625. The highest BCUT2D eigenvalue weighted by atomic mass is 16.3. The number of rotatable bonds is 1. The fourth-order valence-corrected chi connectivity index (χ4v) is 4.10. The molecule has 18 heavy (non-hydrogen) atoms. The van der Waals surface area contributed by atoms with Crippen molar-refractivity contribution in [3.63, 3.8) is 0 Å². The third-order valence-corrected chi connectivity index (χ3v) is 5.10. The highest BCUT2D eigenvalue weighted by Crippen LogP contribution is 2.49. The maximum Gasteiger partial charge on any atom is 0.115 e. The second-order valence-corrected chi connectivity index (χ2v) is 6.16. The number of piperidine rings is 1. The summed E-state index contributed by atoms with van der Waals surface area (Å²) < 4.78 is 0. The molecule has 1 N–H and O–H groups in total. The smallest absolute Gasteiger partial charge is 0.115 e. The number of hydrogen-bond acceptors (Lipinski definition) is 2. The molecule has 0 bridgehead atoms. The molecule has 0 amide bonds. The van der Waals surface area contributed by atoms with E-state index < -0.39 is 0 Å². The Balaban J connectivity index is 1.99. The molecule has 1 aromatic carbocycles. The van der Waals surface area contributed by atoms with Crippen molar-refractivity contribution in [2.75, 3.05) is 20.1 Å². The summed E-state index contributed by atoms with van der Waals surface area (Å²) in [5.41, 5.74) is 1.71. The van der Waals surface area contributed by atoms with Gasteiger partial charge in [0.25, 0.3) is 0 Å². The van der Waals surface area contributed by atoms with Gasteiger partial charge in [0.1, 0.15) is 5.75 Å². The zero-order valence-electron chi connectivity index (χ0n) is 11.2. The molecule has 2 heteroatoms. The molecule has 2 fully saturated rings. The zero-order chi connectivity index (χ0) is 12.6. The van der Waals surface area contributed by atoms with Crippen molar-refractivity contribution >= 4 is 0 Å². The summed E-state index contributed by atoms with van der Waals surface area (Å²) in [5, 5.41) is 9.77. The minimum Gasteiger partial charge on any atom is -0.508 e. The van der Waals surface area contributed by atoms with Crippen LogP contribution in [-0.2, 0) is 5.41 Å². The van der Waals surface area contributed by atoms with Gasteiger partial charge >= 0.3 is 0 Å². The van der Waals surface area contributed by atoms with Crippen LogP contribution in [0.3, 0.4) is 0 Å². The molecule has 0 radical (unpaired) electrons. The second kappa shape index (κ2) is 4.58. The van der Waals surface area contributed by atoms with Crippen LogP contribution in [0.15, 0.2) is 24.3 Å². The molecule has 0 unspecified atom stereocenters. The first-order chi connectivity index (χ1) is 8.71. The van der Waals surface area contributed by atoms with Crippen molar-refractivity contribution in [1.82, 2.24) is 4.90 Å². The molecule has 1 aliphatic heterocycles. The van der Waals surface area contributed by atoms with Gasteiger partial charge in [0.2, 0.25) is 0 Å². The van der Waals surface area contributed by atoms with Gasteiger partial charge in [0.15, 0.2) is 0 Å². The van der Waals surface area contributed by atoms with Crippen LogP contribution in [0.2, 0.25) is 0 Å². The molecule has 2 aliphatic rings. The van der Waals surface area contributed by atoms with Crippen molar-refractivity contribution in [3.05, 3.63) is 29.8 Å². The van der Waals surface area contributed by atoms with Crippen molar-refractivity contribution in [2.24, 2.45) is 5.92 Å². The molecule has 1 heterocycles. The van der Waals surface area contributed by atoms with Crippen LogP contribution in [0, 0.1) is 5.92 Å². The summed E-state index contributed by atoms with van der Waals surface area (Å²) in [6, 6.07) is 8.02. The minimum atomic E-state index is 0.337. The first kappa shape index (κ1) is 12.0. The zero-order valence-corrected chi connectivity index (χ0v) is 11.2. The highest BCUT2D eigenvalue weighted by Gasteiger charge is 2.44. The van der Waals surface area contributed by atoms with Crippen LogP contribution < -0.4 is 0 Å². The number of nitrogens with zero attached hydrogens (tertiary/aromatic N) is 1. The number of phenolic OH excluding ortho intramolecular Hbond substituents is 1. The van der Waals surface area contributed by atoms with E-state index in [2.05, 4.69) is 18.0 Å². The van der Waals surface area contributed by atoms with Gasteiger partial charge in [0, 0.05) is 12.0 Å². The first-order valence-electron chi connectivity index (χ1n) is 7.19. The average molecular weight is 245 g/mol. The number of likely N-dealkylation sites (tertiary alicyclic amines) is 1. The molecule has 2 nitrogen and oxygen atoms in total. The lowest BCUT2D eigenvalue weighted by Gasteiger charge is -2.50. The Hall–Kier alpha value is -1.02. The van der Waals surface area contributed by atoms with E-state index in [4.69, 9.17) is 0 Å². The van der Waals surface area contributed by atoms with E-state index in [-0.39, 0.29) is 0 Å². The molecular weight excluding hydrogens is 222 g/mol. The summed E-state index contributed by atoms with van der Waals surface area (Å²) in [6.45, 7) is 2.40. The van der Waals surface area contributed by atoms with Crippen molar-refractivity contribution < 1.29 is 5.11 Å². The summed E-state index contributed by atoms with van der Waals surface area (Å²) in [6.07, 6.45) is 6.61. The largest absolute Gasteiger partial charge is 0.508 e. The number of aromatic hydroxyl groups is 1. The van der Waals surface area contributed by atoms with Crippen LogP contribution in [0.25, 0.3) is 0 Å². The van der Waals surface area contributed by atoms with Gasteiger partial charge in [-0.3, -0.25) is 0 Å². The van der Waals surface area contributed by atoms with Gasteiger partial charge in [-0.05, 0) is 56.5 Å². The Kier molecular flexibility index (Phi) is 3.06. The lowest BCUT2D eigenvalue weighted by molar-refractivity contribution is 0.0706. The number of benzene rings is 1. The SMILES string of the molecule is CN1CC[C@]2(c3cccc(O)c3)CCCC[C@@H]2C1. The normalized spacial score (nSPS) is 33.1. The van der Waals surface area contributed by atoms with Crippen LogP contribution >= 0.6 is 0 Å². The van der Waals surface area contributed by atoms with Crippen molar-refractivity contribution in [3.8, 4) is 5.75 Å². The Bertz CT molecular complexity index is 431. The summed E-state index contributed by atoms with van der Waals surface area (Å²) >= 11 is 0. The van der Waals surface area contributed by atoms with Gasteiger partial charge < -0.3 is 10.0 Å². The number of phenols is 1.